The molecule has 0 aliphatic rings. The van der Waals surface area contributed by atoms with Crippen LogP contribution in [0.25, 0.3) is 44.4 Å². The van der Waals surface area contributed by atoms with Crippen LogP contribution in [0.15, 0.2) is 103 Å². The normalized spacial score (nSPS) is 11.9. The Balaban J connectivity index is 0.00000401. The van der Waals surface area contributed by atoms with Crippen molar-refractivity contribution in [2.75, 3.05) is 0 Å². The fourth-order valence-electron chi connectivity index (χ4n) is 6.39. The molecule has 0 aliphatic heterocycles. The maximum atomic E-state index is 6.50. The standard InChI is InChI=1S/C42H40N4O.Pd/c1-27(2)40-39(29-14-9-8-10-15-29)41(28(3)4)46(44-40)31-16-13-17-32(25-31)47-33-20-21-35-34-18-11-12-19-36(34)45(37(35)26-33)38-24-30(22-23-43-38)42(5,6)7;/h8-24,27-28H,1-7H3;/q-2;+2. The van der Waals surface area contributed by atoms with Crippen molar-refractivity contribution in [2.24, 2.45) is 0 Å². The minimum atomic E-state index is -0.00289. The van der Waals surface area contributed by atoms with Crippen molar-refractivity contribution in [3.8, 4) is 34.1 Å². The van der Waals surface area contributed by atoms with E-state index in [2.05, 4.69) is 138 Å². The largest absolute Gasteiger partial charge is 2.00 e. The third kappa shape index (κ3) is 6.12. The Labute approximate surface area is 297 Å². The molecule has 0 atom stereocenters. The van der Waals surface area contributed by atoms with E-state index in [0.29, 0.717) is 11.5 Å². The van der Waals surface area contributed by atoms with Gasteiger partial charge in [-0.15, -0.1) is 35.7 Å². The molecule has 7 rings (SSSR count). The fourth-order valence-corrected chi connectivity index (χ4v) is 6.39. The van der Waals surface area contributed by atoms with Gasteiger partial charge in [0.15, 0.2) is 0 Å². The quantitative estimate of drug-likeness (QED) is 0.122. The Kier molecular flexibility index (Phi) is 9.18. The van der Waals surface area contributed by atoms with Gasteiger partial charge in [0, 0.05) is 28.8 Å². The Hall–Kier alpha value is -4.50. The van der Waals surface area contributed by atoms with Crippen molar-refractivity contribution < 1.29 is 25.2 Å². The predicted molar refractivity (Wildman–Crippen MR) is 192 cm³/mol. The summed E-state index contributed by atoms with van der Waals surface area (Å²) in [4.78, 5) is 4.81. The zero-order valence-electron chi connectivity index (χ0n) is 28.5. The number of aromatic nitrogens is 4. The SMILES string of the molecule is CC(C)c1nn(-c2[c-]c(Oc3[c-]c4c(cc3)c3ccccc3n4-c3cc(C(C)(C)C)ccn3)ccc2)c(C(C)C)c1-c1ccccc1.[Pd+2]. The molecule has 244 valence electrons. The second kappa shape index (κ2) is 13.2. The number of fused-ring (bicyclic) bond motifs is 3. The molecule has 0 unspecified atom stereocenters. The van der Waals surface area contributed by atoms with Gasteiger partial charge < -0.3 is 9.30 Å². The van der Waals surface area contributed by atoms with Crippen molar-refractivity contribution in [1.29, 1.82) is 0 Å². The van der Waals surface area contributed by atoms with Gasteiger partial charge in [-0.25, -0.2) is 4.98 Å². The van der Waals surface area contributed by atoms with Crippen molar-refractivity contribution in [1.82, 2.24) is 19.3 Å². The molecule has 5 nitrogen and oxygen atoms in total. The van der Waals surface area contributed by atoms with Crippen LogP contribution >= 0.6 is 0 Å². The molecule has 4 aromatic carbocycles. The van der Waals surface area contributed by atoms with Gasteiger partial charge in [0.25, 0.3) is 0 Å². The Morgan fingerprint density at radius 3 is 2.19 bits per heavy atom. The van der Waals surface area contributed by atoms with Crippen LogP contribution in [0.3, 0.4) is 0 Å². The summed E-state index contributed by atoms with van der Waals surface area (Å²) in [5.41, 5.74) is 8.68. The summed E-state index contributed by atoms with van der Waals surface area (Å²) in [5.74, 6) is 2.58. The average Bonchev–Trinajstić information content (AvgIpc) is 3.62. The van der Waals surface area contributed by atoms with E-state index in [1.807, 2.05) is 35.1 Å². The molecule has 0 aliphatic carbocycles. The Morgan fingerprint density at radius 1 is 0.729 bits per heavy atom. The van der Waals surface area contributed by atoms with Crippen molar-refractivity contribution >= 4 is 21.8 Å². The maximum Gasteiger partial charge on any atom is 2.00 e. The summed E-state index contributed by atoms with van der Waals surface area (Å²) < 4.78 is 10.7. The smallest absolute Gasteiger partial charge is 0.509 e. The van der Waals surface area contributed by atoms with E-state index in [0.717, 1.165) is 44.7 Å². The zero-order chi connectivity index (χ0) is 32.9. The molecule has 0 saturated heterocycles. The van der Waals surface area contributed by atoms with Gasteiger partial charge in [-0.2, -0.15) is 17.2 Å². The van der Waals surface area contributed by atoms with Crippen LogP contribution in [0.2, 0.25) is 0 Å². The summed E-state index contributed by atoms with van der Waals surface area (Å²) in [6, 6.07) is 40.5. The molecule has 3 heterocycles. The van der Waals surface area contributed by atoms with Gasteiger partial charge in [-0.1, -0.05) is 103 Å². The maximum absolute atomic E-state index is 6.50. The molecule has 3 aromatic heterocycles. The molecule has 0 amide bonds. The van der Waals surface area contributed by atoms with Crippen LogP contribution in [0, 0.1) is 12.1 Å². The van der Waals surface area contributed by atoms with Gasteiger partial charge in [0.05, 0.1) is 11.4 Å². The van der Waals surface area contributed by atoms with E-state index in [9.17, 15) is 0 Å². The van der Waals surface area contributed by atoms with Crippen LogP contribution in [0.5, 0.6) is 11.5 Å². The van der Waals surface area contributed by atoms with Gasteiger partial charge in [0.1, 0.15) is 5.82 Å². The molecular weight excluding hydrogens is 683 g/mol. The van der Waals surface area contributed by atoms with E-state index in [1.54, 1.807) is 0 Å². The predicted octanol–water partition coefficient (Wildman–Crippen LogP) is 11.0. The number of benzene rings is 4. The Bertz CT molecular complexity index is 2220. The molecule has 0 spiro atoms. The number of ether oxygens (including phenoxy) is 1. The molecule has 0 bridgehead atoms. The number of rotatable bonds is 7. The number of nitrogens with zero attached hydrogens (tertiary/aromatic N) is 4. The second-order valence-corrected chi connectivity index (χ2v) is 13.8. The Morgan fingerprint density at radius 2 is 1.46 bits per heavy atom. The average molecular weight is 723 g/mol. The summed E-state index contributed by atoms with van der Waals surface area (Å²) in [5, 5.41) is 7.42. The molecule has 0 fully saturated rings. The van der Waals surface area contributed by atoms with Crippen molar-refractivity contribution in [2.45, 2.75) is 65.7 Å². The van der Waals surface area contributed by atoms with Crippen LogP contribution in [-0.4, -0.2) is 19.3 Å². The van der Waals surface area contributed by atoms with Gasteiger partial charge >= 0.3 is 20.4 Å². The minimum absolute atomic E-state index is 0. The minimum Gasteiger partial charge on any atom is -0.509 e. The van der Waals surface area contributed by atoms with Crippen LogP contribution in [0.1, 0.15) is 77.3 Å². The van der Waals surface area contributed by atoms with Crippen molar-refractivity contribution in [3.63, 3.8) is 0 Å². The van der Waals surface area contributed by atoms with E-state index in [4.69, 9.17) is 14.8 Å². The van der Waals surface area contributed by atoms with Crippen molar-refractivity contribution in [3.05, 3.63) is 132 Å². The van der Waals surface area contributed by atoms with Gasteiger partial charge in [0.2, 0.25) is 0 Å². The topological polar surface area (TPSA) is 44.9 Å². The first-order valence-electron chi connectivity index (χ1n) is 16.4. The fraction of sp³-hybridized carbons (Fsp3) is 0.238. The third-order valence-corrected chi connectivity index (χ3v) is 8.70. The molecule has 7 aromatic rings. The first kappa shape index (κ1) is 33.4. The second-order valence-electron chi connectivity index (χ2n) is 13.8. The summed E-state index contributed by atoms with van der Waals surface area (Å²) >= 11 is 0. The molecule has 48 heavy (non-hydrogen) atoms. The zero-order valence-corrected chi connectivity index (χ0v) is 30.0. The molecule has 0 saturated carbocycles. The van der Waals surface area contributed by atoms with Gasteiger partial charge in [-0.05, 0) is 57.7 Å². The number of pyridine rings is 1. The third-order valence-electron chi connectivity index (χ3n) is 8.70. The summed E-state index contributed by atoms with van der Waals surface area (Å²) in [7, 11) is 0. The van der Waals surface area contributed by atoms with Gasteiger partial charge in [-0.3, -0.25) is 4.68 Å². The van der Waals surface area contributed by atoms with E-state index < -0.39 is 0 Å². The number of hydrogen-bond donors (Lipinski definition) is 0. The molecular formula is C42H40N4OPd. The van der Waals surface area contributed by atoms with Crippen LogP contribution < -0.4 is 4.74 Å². The first-order valence-corrected chi connectivity index (χ1v) is 16.4. The monoisotopic (exact) mass is 722 g/mol. The van der Waals surface area contributed by atoms with Crippen LogP contribution in [0.4, 0.5) is 0 Å². The molecule has 0 radical (unpaired) electrons. The van der Waals surface area contributed by atoms with E-state index in [1.165, 1.54) is 16.7 Å². The molecule has 0 N–H and O–H groups in total. The summed E-state index contributed by atoms with van der Waals surface area (Å²) in [6.07, 6.45) is 1.89. The first-order chi connectivity index (χ1) is 22.6. The number of hydrogen-bond acceptors (Lipinski definition) is 3. The van der Waals surface area contributed by atoms with Crippen LogP contribution in [-0.2, 0) is 25.8 Å². The molecule has 6 heteroatoms. The number of para-hydroxylation sites is 1. The van der Waals surface area contributed by atoms with E-state index in [-0.39, 0.29) is 37.7 Å². The summed E-state index contributed by atoms with van der Waals surface area (Å²) in [6.45, 7) is 15.5. The van der Waals surface area contributed by atoms with E-state index >= 15 is 0 Å².